The molecule has 16 nitrogen and oxygen atoms in total. The average molecular weight is 642 g/mol. The molecule has 14 atom stereocenters. The van der Waals surface area contributed by atoms with Crippen LogP contribution in [0.5, 0.6) is 0 Å². The Morgan fingerprint density at radius 3 is 2.36 bits per heavy atom. The van der Waals surface area contributed by atoms with Crippen molar-refractivity contribution >= 4 is 5.91 Å². The van der Waals surface area contributed by atoms with Gasteiger partial charge in [0.1, 0.15) is 24.4 Å². The number of carbonyl (C=O) groups excluding carboxylic acids is 1. The first-order valence-electron chi connectivity index (χ1n) is 15.6. The van der Waals surface area contributed by atoms with Gasteiger partial charge in [0, 0.05) is 19.1 Å². The van der Waals surface area contributed by atoms with Crippen molar-refractivity contribution < 1.29 is 44.2 Å². The summed E-state index contributed by atoms with van der Waals surface area (Å²) in [6, 6.07) is 5.60. The van der Waals surface area contributed by atoms with Gasteiger partial charge in [0.2, 0.25) is 5.91 Å². The molecule has 2 saturated heterocycles. The lowest BCUT2D eigenvalue weighted by atomic mass is 9.81. The third-order valence-corrected chi connectivity index (χ3v) is 8.79. The highest BCUT2D eigenvalue weighted by molar-refractivity contribution is 5.80. The third-order valence-electron chi connectivity index (χ3n) is 8.79. The Morgan fingerprint density at radius 2 is 1.69 bits per heavy atom. The molecule has 256 valence electrons. The van der Waals surface area contributed by atoms with E-state index in [1.165, 1.54) is 0 Å². The number of hydrogen-bond donors (Lipinski definition) is 11. The number of nitrogens with two attached hydrogens (primary N) is 5. The van der Waals surface area contributed by atoms with Crippen LogP contribution in [-0.2, 0) is 30.3 Å². The van der Waals surface area contributed by atoms with Gasteiger partial charge in [0.15, 0.2) is 12.6 Å². The van der Waals surface area contributed by atoms with Crippen molar-refractivity contribution in [3.8, 4) is 0 Å². The van der Waals surface area contributed by atoms with Crippen LogP contribution in [0.3, 0.4) is 0 Å². The second-order valence-electron chi connectivity index (χ2n) is 12.1. The highest BCUT2D eigenvalue weighted by atomic mass is 16.7. The van der Waals surface area contributed by atoms with Crippen LogP contribution in [0, 0.1) is 0 Å². The van der Waals surface area contributed by atoms with E-state index in [-0.39, 0.29) is 25.5 Å². The van der Waals surface area contributed by atoms with Crippen molar-refractivity contribution in [3.63, 3.8) is 0 Å². The summed E-state index contributed by atoms with van der Waals surface area (Å²) in [5.41, 5.74) is 31.6. The molecule has 0 radical (unpaired) electrons. The topological polar surface area (TPSA) is 289 Å². The van der Waals surface area contributed by atoms with Crippen LogP contribution >= 0.6 is 0 Å². The molecule has 1 amide bonds. The first-order valence-corrected chi connectivity index (χ1v) is 15.6. The summed E-state index contributed by atoms with van der Waals surface area (Å²) < 4.78 is 24.7. The van der Waals surface area contributed by atoms with E-state index in [0.29, 0.717) is 25.9 Å². The van der Waals surface area contributed by atoms with E-state index in [1.54, 1.807) is 0 Å². The summed E-state index contributed by atoms with van der Waals surface area (Å²) in [5, 5.41) is 47.8. The maximum absolute atomic E-state index is 13.0. The van der Waals surface area contributed by atoms with E-state index in [9.17, 15) is 25.2 Å². The molecule has 3 aliphatic rings. The largest absolute Gasteiger partial charge is 0.394 e. The number of hydrogen-bond acceptors (Lipinski definition) is 15. The molecule has 1 aromatic carbocycles. The van der Waals surface area contributed by atoms with Crippen LogP contribution in [-0.4, -0.2) is 132 Å². The fourth-order valence-electron chi connectivity index (χ4n) is 6.12. The Morgan fingerprint density at radius 1 is 0.978 bits per heavy atom. The first-order chi connectivity index (χ1) is 21.6. The Labute approximate surface area is 262 Å². The maximum Gasteiger partial charge on any atom is 0.249 e. The first kappa shape index (κ1) is 36.0. The molecule has 0 bridgehead atoms. The number of aliphatic hydroxyl groups excluding tert-OH is 4. The molecular formula is C29H51N7O9. The smallest absolute Gasteiger partial charge is 0.249 e. The number of carbonyl (C=O) groups is 1. The molecule has 16 N–H and O–H groups in total. The number of amides is 1. The molecule has 45 heavy (non-hydrogen) atoms. The standard InChI is InChI=1S/C29H51N7O9/c30-9-8-19(38)27(41)36-18-10-17(33)25(44-28-16(32)7-6-15(11-31)42-28)22(35-12-14-4-2-1-3-5-14)26(18)45-29-24(40)21(34)23(39)20(13-37)43-29/h1-5,15-26,28-29,35,37-40H,6-13,30-34H2,(H,36,41)/t15?,16?,17-,18+,19-,20?,21-,22?,23+,24?,25?,26-,28+,29+/m0/s1. The van der Waals surface area contributed by atoms with Crippen molar-refractivity contribution in [1.82, 2.24) is 10.6 Å². The molecular weight excluding hydrogens is 590 g/mol. The van der Waals surface area contributed by atoms with Crippen molar-refractivity contribution in [2.45, 2.75) is 118 Å². The predicted octanol–water partition coefficient (Wildman–Crippen LogP) is -4.60. The summed E-state index contributed by atoms with van der Waals surface area (Å²) in [7, 11) is 0. The predicted molar refractivity (Wildman–Crippen MR) is 162 cm³/mol. The zero-order chi connectivity index (χ0) is 32.7. The van der Waals surface area contributed by atoms with E-state index >= 15 is 0 Å². The minimum Gasteiger partial charge on any atom is -0.394 e. The molecule has 6 unspecified atom stereocenters. The fourth-order valence-corrected chi connectivity index (χ4v) is 6.12. The Hall–Kier alpha value is -1.87. The molecule has 2 heterocycles. The Balaban J connectivity index is 1.68. The van der Waals surface area contributed by atoms with Gasteiger partial charge in [-0.1, -0.05) is 30.3 Å². The van der Waals surface area contributed by atoms with Gasteiger partial charge < -0.3 is 78.7 Å². The van der Waals surface area contributed by atoms with Gasteiger partial charge in [-0.2, -0.15) is 0 Å². The monoisotopic (exact) mass is 641 g/mol. The third kappa shape index (κ3) is 8.94. The van der Waals surface area contributed by atoms with E-state index in [2.05, 4.69) is 10.6 Å². The normalized spacial score (nSPS) is 39.7. The van der Waals surface area contributed by atoms with E-state index < -0.39 is 91.9 Å². The zero-order valence-electron chi connectivity index (χ0n) is 25.3. The Bertz CT molecular complexity index is 1050. The van der Waals surface area contributed by atoms with Gasteiger partial charge >= 0.3 is 0 Å². The summed E-state index contributed by atoms with van der Waals surface area (Å²) in [6.45, 7) is 0.136. The maximum atomic E-state index is 13.0. The summed E-state index contributed by atoms with van der Waals surface area (Å²) >= 11 is 0. The number of rotatable bonds is 13. The molecule has 3 fully saturated rings. The number of aliphatic hydroxyl groups is 4. The molecule has 0 aromatic heterocycles. The lowest BCUT2D eigenvalue weighted by Crippen LogP contribution is -2.71. The van der Waals surface area contributed by atoms with Gasteiger partial charge in [0.05, 0.1) is 49.1 Å². The summed E-state index contributed by atoms with van der Waals surface area (Å²) in [6.07, 6.45) is -8.17. The fraction of sp³-hybridized carbons (Fsp3) is 0.759. The van der Waals surface area contributed by atoms with Crippen LogP contribution in [0.2, 0.25) is 0 Å². The van der Waals surface area contributed by atoms with E-state index in [4.69, 9.17) is 47.6 Å². The summed E-state index contributed by atoms with van der Waals surface area (Å²) in [4.78, 5) is 13.0. The molecule has 1 aromatic rings. The molecule has 4 rings (SSSR count). The molecule has 1 aliphatic carbocycles. The van der Waals surface area contributed by atoms with E-state index in [1.807, 2.05) is 30.3 Å². The molecule has 1 saturated carbocycles. The van der Waals surface area contributed by atoms with Gasteiger partial charge in [-0.3, -0.25) is 4.79 Å². The van der Waals surface area contributed by atoms with Crippen molar-refractivity contribution in [2.75, 3.05) is 19.7 Å². The lowest BCUT2D eigenvalue weighted by molar-refractivity contribution is -0.303. The van der Waals surface area contributed by atoms with Crippen LogP contribution in [0.25, 0.3) is 0 Å². The van der Waals surface area contributed by atoms with Crippen molar-refractivity contribution in [3.05, 3.63) is 35.9 Å². The molecule has 0 spiro atoms. The zero-order valence-corrected chi connectivity index (χ0v) is 25.3. The van der Waals surface area contributed by atoms with Crippen molar-refractivity contribution in [1.29, 1.82) is 0 Å². The van der Waals surface area contributed by atoms with Gasteiger partial charge in [0.25, 0.3) is 0 Å². The average Bonchev–Trinajstić information content (AvgIpc) is 3.04. The molecule has 16 heteroatoms. The van der Waals surface area contributed by atoms with Gasteiger partial charge in [-0.15, -0.1) is 0 Å². The number of ether oxygens (including phenoxy) is 4. The second-order valence-corrected chi connectivity index (χ2v) is 12.1. The minimum absolute atomic E-state index is 0.0339. The SMILES string of the molecule is NCC[C@H](O)C(=O)N[C@@H]1C[C@H](N)C(O[C@H]2OC(CN)CCC2N)C(NCc2ccccc2)[C@H]1O[C@H]1OC(CO)[C@@H](O)[C@H](N)C1O. The minimum atomic E-state index is -1.49. The Kier molecular flexibility index (Phi) is 13.4. The van der Waals surface area contributed by atoms with Crippen LogP contribution in [0.4, 0.5) is 0 Å². The van der Waals surface area contributed by atoms with Gasteiger partial charge in [-0.05, 0) is 37.8 Å². The lowest BCUT2D eigenvalue weighted by Gasteiger charge is -2.50. The molecule has 2 aliphatic heterocycles. The number of benzene rings is 1. The highest BCUT2D eigenvalue weighted by Crippen LogP contribution is 2.32. The van der Waals surface area contributed by atoms with E-state index in [0.717, 1.165) is 5.56 Å². The van der Waals surface area contributed by atoms with Crippen LogP contribution in [0.15, 0.2) is 30.3 Å². The van der Waals surface area contributed by atoms with Gasteiger partial charge in [-0.25, -0.2) is 0 Å². The number of nitrogens with one attached hydrogen (secondary N) is 2. The second kappa shape index (κ2) is 16.8. The van der Waals surface area contributed by atoms with Crippen molar-refractivity contribution in [2.24, 2.45) is 28.7 Å². The highest BCUT2D eigenvalue weighted by Gasteiger charge is 2.51. The van der Waals surface area contributed by atoms with Crippen LogP contribution < -0.4 is 39.3 Å². The summed E-state index contributed by atoms with van der Waals surface area (Å²) in [5.74, 6) is -0.679. The quantitative estimate of drug-likeness (QED) is 0.0966. The van der Waals surface area contributed by atoms with Crippen LogP contribution in [0.1, 0.15) is 31.2 Å².